The third-order valence-electron chi connectivity index (χ3n) is 6.81. The van der Waals surface area contributed by atoms with Crippen molar-refractivity contribution in [3.63, 3.8) is 0 Å². The lowest BCUT2D eigenvalue weighted by Gasteiger charge is -2.21. The van der Waals surface area contributed by atoms with Crippen molar-refractivity contribution in [3.8, 4) is 22.6 Å². The predicted octanol–water partition coefficient (Wildman–Crippen LogP) is 3.35. The molecule has 0 bridgehead atoms. The lowest BCUT2D eigenvalue weighted by Crippen LogP contribution is -2.35. The molecule has 1 aliphatic heterocycles. The number of pyridine rings is 1. The van der Waals surface area contributed by atoms with Crippen molar-refractivity contribution >= 4 is 10.8 Å². The van der Waals surface area contributed by atoms with E-state index < -0.39 is 6.10 Å². The average molecular weight is 435 g/mol. The van der Waals surface area contributed by atoms with E-state index in [0.29, 0.717) is 18.4 Å². The number of fused-ring (bicyclic) bond motifs is 2. The predicted molar refractivity (Wildman–Crippen MR) is 124 cm³/mol. The fourth-order valence-electron chi connectivity index (χ4n) is 5.24. The normalized spacial score (nSPS) is 23.9. The molecular formula is C26H30N2O4. The molecule has 1 aromatic heterocycles. The summed E-state index contributed by atoms with van der Waals surface area (Å²) in [7, 11) is 1.64. The van der Waals surface area contributed by atoms with Gasteiger partial charge in [-0.3, -0.25) is 4.98 Å². The monoisotopic (exact) mass is 434 g/mol. The van der Waals surface area contributed by atoms with Crippen LogP contribution in [0.15, 0.2) is 54.9 Å². The maximum absolute atomic E-state index is 10.5. The Morgan fingerprint density at radius 1 is 0.969 bits per heavy atom. The first kappa shape index (κ1) is 21.2. The number of ether oxygens (including phenoxy) is 2. The number of rotatable bonds is 7. The highest BCUT2D eigenvalue weighted by Crippen LogP contribution is 2.38. The van der Waals surface area contributed by atoms with Crippen LogP contribution in [0.3, 0.4) is 0 Å². The van der Waals surface area contributed by atoms with Gasteiger partial charge in [0.05, 0.1) is 19.4 Å². The van der Waals surface area contributed by atoms with Gasteiger partial charge in [-0.1, -0.05) is 18.2 Å². The Bertz CT molecular complexity index is 1070. The number of benzene rings is 2. The van der Waals surface area contributed by atoms with E-state index in [1.165, 1.54) is 0 Å². The van der Waals surface area contributed by atoms with Crippen molar-refractivity contribution in [2.45, 2.75) is 25.0 Å². The van der Waals surface area contributed by atoms with Crippen LogP contribution < -0.4 is 9.47 Å². The summed E-state index contributed by atoms with van der Waals surface area (Å²) in [4.78, 5) is 6.56. The SMILES string of the molecule is COc1cncc(-c2ccc3ccc(OCC(O)CN4C[C@H]5CC(O)C[C@H]5C4)cc3c2)c1. The van der Waals surface area contributed by atoms with Crippen LogP contribution in [0.2, 0.25) is 0 Å². The third-order valence-corrected chi connectivity index (χ3v) is 6.81. The van der Waals surface area contributed by atoms with E-state index in [2.05, 4.69) is 28.1 Å². The zero-order chi connectivity index (χ0) is 22.1. The fraction of sp³-hybridized carbons (Fsp3) is 0.423. The summed E-state index contributed by atoms with van der Waals surface area (Å²) in [6.45, 7) is 2.82. The van der Waals surface area contributed by atoms with Gasteiger partial charge in [-0.25, -0.2) is 0 Å². The van der Waals surface area contributed by atoms with E-state index in [1.54, 1.807) is 13.3 Å². The highest BCUT2D eigenvalue weighted by atomic mass is 16.5. The molecule has 6 nitrogen and oxygen atoms in total. The summed E-state index contributed by atoms with van der Waals surface area (Å²) in [5.41, 5.74) is 2.06. The highest BCUT2D eigenvalue weighted by Gasteiger charge is 2.40. The number of hydrogen-bond acceptors (Lipinski definition) is 6. The lowest BCUT2D eigenvalue weighted by atomic mass is 10.0. The number of aromatic nitrogens is 1. The van der Waals surface area contributed by atoms with E-state index in [-0.39, 0.29) is 12.7 Å². The molecule has 0 radical (unpaired) electrons. The second-order valence-corrected chi connectivity index (χ2v) is 9.17. The summed E-state index contributed by atoms with van der Waals surface area (Å²) in [5.74, 6) is 2.63. The quantitative estimate of drug-likeness (QED) is 0.594. The molecule has 2 fully saturated rings. The van der Waals surface area contributed by atoms with E-state index in [1.807, 2.05) is 30.5 Å². The van der Waals surface area contributed by atoms with Crippen LogP contribution in [0.25, 0.3) is 21.9 Å². The second kappa shape index (κ2) is 9.06. The standard InChI is InChI=1S/C26H30N2O4/c1-31-26-10-20(11-27-12-26)18-3-2-17-4-5-25(9-19(17)6-18)32-16-24(30)15-28-13-21-7-23(29)8-22(21)14-28/h2-6,9-12,21-24,29-30H,7-8,13-16H2,1H3/t21-,22+,23?,24?. The van der Waals surface area contributed by atoms with Gasteiger partial charge in [-0.2, -0.15) is 0 Å². The highest BCUT2D eigenvalue weighted by molar-refractivity contribution is 5.88. The number of nitrogens with zero attached hydrogens (tertiary/aromatic N) is 2. The second-order valence-electron chi connectivity index (χ2n) is 9.17. The zero-order valence-electron chi connectivity index (χ0n) is 18.4. The molecule has 32 heavy (non-hydrogen) atoms. The van der Waals surface area contributed by atoms with Gasteiger partial charge in [0.2, 0.25) is 0 Å². The number of likely N-dealkylation sites (tertiary alicyclic amines) is 1. The van der Waals surface area contributed by atoms with Crippen molar-refractivity contribution in [1.29, 1.82) is 0 Å². The zero-order valence-corrected chi connectivity index (χ0v) is 18.4. The van der Waals surface area contributed by atoms with Crippen LogP contribution in [0, 0.1) is 11.8 Å². The topological polar surface area (TPSA) is 75.0 Å². The molecule has 3 aromatic rings. The van der Waals surface area contributed by atoms with Gasteiger partial charge in [0.25, 0.3) is 0 Å². The maximum Gasteiger partial charge on any atom is 0.137 e. The smallest absolute Gasteiger partial charge is 0.137 e. The fourth-order valence-corrected chi connectivity index (χ4v) is 5.24. The molecule has 5 rings (SSSR count). The molecular weight excluding hydrogens is 404 g/mol. The van der Waals surface area contributed by atoms with Gasteiger partial charge < -0.3 is 24.6 Å². The molecule has 2 aromatic carbocycles. The summed E-state index contributed by atoms with van der Waals surface area (Å²) >= 11 is 0. The van der Waals surface area contributed by atoms with Crippen LogP contribution >= 0.6 is 0 Å². The van der Waals surface area contributed by atoms with Crippen molar-refractivity contribution in [2.24, 2.45) is 11.8 Å². The van der Waals surface area contributed by atoms with Crippen molar-refractivity contribution < 1.29 is 19.7 Å². The largest absolute Gasteiger partial charge is 0.495 e. The van der Waals surface area contributed by atoms with Crippen LogP contribution in [0.5, 0.6) is 11.5 Å². The Balaban J connectivity index is 1.21. The molecule has 2 unspecified atom stereocenters. The maximum atomic E-state index is 10.5. The lowest BCUT2D eigenvalue weighted by molar-refractivity contribution is 0.0708. The number of hydrogen-bond donors (Lipinski definition) is 2. The first-order chi connectivity index (χ1) is 15.6. The summed E-state index contributed by atoms with van der Waals surface area (Å²) in [6.07, 6.45) is 4.66. The van der Waals surface area contributed by atoms with Crippen LogP contribution in [0.1, 0.15) is 12.8 Å². The van der Waals surface area contributed by atoms with Crippen molar-refractivity contribution in [1.82, 2.24) is 9.88 Å². The molecule has 6 heteroatoms. The molecule has 2 aliphatic rings. The Labute approximate surface area is 188 Å². The van der Waals surface area contributed by atoms with Gasteiger partial charge in [-0.15, -0.1) is 0 Å². The first-order valence-corrected chi connectivity index (χ1v) is 11.3. The van der Waals surface area contributed by atoms with Gasteiger partial charge in [0.1, 0.15) is 24.2 Å². The molecule has 2 heterocycles. The molecule has 2 N–H and O–H groups in total. The van der Waals surface area contributed by atoms with Crippen LogP contribution in [-0.4, -0.2) is 65.7 Å². The Morgan fingerprint density at radius 3 is 2.53 bits per heavy atom. The van der Waals surface area contributed by atoms with Gasteiger partial charge in [-0.05, 0) is 65.3 Å². The van der Waals surface area contributed by atoms with Crippen LogP contribution in [-0.2, 0) is 0 Å². The Hall–Kier alpha value is -2.67. The number of methoxy groups -OCH3 is 1. The third kappa shape index (κ3) is 4.58. The minimum absolute atomic E-state index is 0.131. The molecule has 4 atom stereocenters. The molecule has 0 spiro atoms. The summed E-state index contributed by atoms with van der Waals surface area (Å²) < 4.78 is 11.2. The minimum atomic E-state index is -0.538. The Kier molecular flexibility index (Phi) is 6.00. The minimum Gasteiger partial charge on any atom is -0.495 e. The number of aliphatic hydroxyl groups excluding tert-OH is 2. The first-order valence-electron chi connectivity index (χ1n) is 11.3. The van der Waals surface area contributed by atoms with Crippen LogP contribution in [0.4, 0.5) is 0 Å². The molecule has 1 aliphatic carbocycles. The average Bonchev–Trinajstić information content (AvgIpc) is 3.33. The van der Waals surface area contributed by atoms with Crippen molar-refractivity contribution in [3.05, 3.63) is 54.9 Å². The van der Waals surface area contributed by atoms with Gasteiger partial charge in [0.15, 0.2) is 0 Å². The van der Waals surface area contributed by atoms with E-state index in [4.69, 9.17) is 9.47 Å². The van der Waals surface area contributed by atoms with Gasteiger partial charge in [0, 0.05) is 31.4 Å². The molecule has 168 valence electrons. The van der Waals surface area contributed by atoms with E-state index >= 15 is 0 Å². The van der Waals surface area contributed by atoms with E-state index in [9.17, 15) is 10.2 Å². The molecule has 0 amide bonds. The number of β-amino-alcohol motifs (C(OH)–C–C–N with tert-alkyl or cyclic N) is 1. The van der Waals surface area contributed by atoms with Gasteiger partial charge >= 0.3 is 0 Å². The molecule has 1 saturated carbocycles. The Morgan fingerprint density at radius 2 is 1.75 bits per heavy atom. The summed E-state index contributed by atoms with van der Waals surface area (Å²) in [5, 5.41) is 22.5. The van der Waals surface area contributed by atoms with E-state index in [0.717, 1.165) is 59.3 Å². The number of aliphatic hydroxyl groups is 2. The molecule has 1 saturated heterocycles. The summed E-state index contributed by atoms with van der Waals surface area (Å²) in [6, 6.07) is 14.3. The van der Waals surface area contributed by atoms with Crippen molar-refractivity contribution in [2.75, 3.05) is 33.4 Å².